The average Bonchev–Trinajstić information content (AvgIpc) is 2.95. The summed E-state index contributed by atoms with van der Waals surface area (Å²) < 4.78 is 5.45. The molecule has 2 aromatic rings. The van der Waals surface area contributed by atoms with Crippen LogP contribution < -0.4 is 0 Å². The van der Waals surface area contributed by atoms with Crippen LogP contribution >= 0.6 is 0 Å². The van der Waals surface area contributed by atoms with Gasteiger partial charge in [-0.15, -0.1) is 0 Å². The van der Waals surface area contributed by atoms with Crippen LogP contribution in [0, 0.1) is 11.8 Å². The predicted molar refractivity (Wildman–Crippen MR) is 87.3 cm³/mol. The number of aryl methyl sites for hydroxylation is 1. The standard InChI is InChI=1S/C18H25N3O/c1-4-15-5-7-16(8-6-15)18-19-17(22-20-18)12-21-10-13(2)9-14(3)11-21/h5-8,13-14H,4,9-12H2,1-3H3. The Morgan fingerprint density at radius 1 is 1.14 bits per heavy atom. The van der Waals surface area contributed by atoms with Gasteiger partial charge in [-0.1, -0.05) is 50.2 Å². The molecule has 2 heterocycles. The molecule has 1 saturated heterocycles. The van der Waals surface area contributed by atoms with Crippen molar-refractivity contribution in [2.75, 3.05) is 13.1 Å². The summed E-state index contributed by atoms with van der Waals surface area (Å²) >= 11 is 0. The summed E-state index contributed by atoms with van der Waals surface area (Å²) in [7, 11) is 0. The minimum Gasteiger partial charge on any atom is -0.338 e. The normalized spacial score (nSPS) is 22.9. The van der Waals surface area contributed by atoms with Crippen LogP contribution in [0.15, 0.2) is 28.8 Å². The number of hydrogen-bond donors (Lipinski definition) is 0. The lowest BCUT2D eigenvalue weighted by molar-refractivity contribution is 0.121. The summed E-state index contributed by atoms with van der Waals surface area (Å²) in [6.45, 7) is 9.78. The molecule has 0 bridgehead atoms. The van der Waals surface area contributed by atoms with E-state index in [2.05, 4.69) is 60.1 Å². The second-order valence-corrected chi connectivity index (χ2v) is 6.70. The lowest BCUT2D eigenvalue weighted by Crippen LogP contribution is -2.38. The van der Waals surface area contributed by atoms with E-state index in [0.717, 1.165) is 49.3 Å². The van der Waals surface area contributed by atoms with E-state index in [-0.39, 0.29) is 0 Å². The van der Waals surface area contributed by atoms with Crippen LogP contribution in [0.5, 0.6) is 0 Å². The molecule has 1 aromatic carbocycles. The van der Waals surface area contributed by atoms with Crippen molar-refractivity contribution in [2.45, 2.75) is 40.2 Å². The highest BCUT2D eigenvalue weighted by atomic mass is 16.5. The smallest absolute Gasteiger partial charge is 0.241 e. The fraction of sp³-hybridized carbons (Fsp3) is 0.556. The first-order valence-electron chi connectivity index (χ1n) is 8.28. The van der Waals surface area contributed by atoms with Crippen LogP contribution in [-0.4, -0.2) is 28.1 Å². The molecule has 4 nitrogen and oxygen atoms in total. The van der Waals surface area contributed by atoms with Crippen molar-refractivity contribution in [3.8, 4) is 11.4 Å². The Hall–Kier alpha value is -1.68. The highest BCUT2D eigenvalue weighted by Crippen LogP contribution is 2.23. The van der Waals surface area contributed by atoms with E-state index in [1.807, 2.05) is 0 Å². The molecule has 3 rings (SSSR count). The second kappa shape index (κ2) is 6.61. The van der Waals surface area contributed by atoms with Crippen LogP contribution in [0.1, 0.15) is 38.6 Å². The summed E-state index contributed by atoms with van der Waals surface area (Å²) in [5.41, 5.74) is 2.34. The van der Waals surface area contributed by atoms with E-state index in [1.165, 1.54) is 12.0 Å². The van der Waals surface area contributed by atoms with E-state index in [1.54, 1.807) is 0 Å². The molecule has 118 valence electrons. The summed E-state index contributed by atoms with van der Waals surface area (Å²) in [6, 6.07) is 8.38. The fourth-order valence-corrected chi connectivity index (χ4v) is 3.44. The maximum absolute atomic E-state index is 5.45. The van der Waals surface area contributed by atoms with E-state index in [0.29, 0.717) is 5.82 Å². The molecular formula is C18H25N3O. The first-order valence-corrected chi connectivity index (χ1v) is 8.28. The fourth-order valence-electron chi connectivity index (χ4n) is 3.44. The Labute approximate surface area is 132 Å². The number of likely N-dealkylation sites (tertiary alicyclic amines) is 1. The van der Waals surface area contributed by atoms with Gasteiger partial charge in [0, 0.05) is 18.7 Å². The Bertz CT molecular complexity index is 595. The predicted octanol–water partition coefficient (Wildman–Crippen LogP) is 3.78. The highest BCUT2D eigenvalue weighted by Gasteiger charge is 2.23. The van der Waals surface area contributed by atoms with Crippen LogP contribution in [0.25, 0.3) is 11.4 Å². The number of hydrogen-bond acceptors (Lipinski definition) is 4. The Morgan fingerprint density at radius 3 is 2.45 bits per heavy atom. The molecule has 0 spiro atoms. The third-order valence-corrected chi connectivity index (χ3v) is 4.39. The third-order valence-electron chi connectivity index (χ3n) is 4.39. The monoisotopic (exact) mass is 299 g/mol. The average molecular weight is 299 g/mol. The summed E-state index contributed by atoms with van der Waals surface area (Å²) in [5, 5.41) is 4.13. The minimum absolute atomic E-state index is 0.691. The van der Waals surface area contributed by atoms with Gasteiger partial charge in [0.15, 0.2) is 0 Å². The SMILES string of the molecule is CCc1ccc(-c2noc(CN3CC(C)CC(C)C3)n2)cc1. The van der Waals surface area contributed by atoms with Gasteiger partial charge >= 0.3 is 0 Å². The number of piperidine rings is 1. The Balaban J connectivity index is 1.68. The van der Waals surface area contributed by atoms with Crippen molar-refractivity contribution in [3.05, 3.63) is 35.7 Å². The second-order valence-electron chi connectivity index (χ2n) is 6.70. The van der Waals surface area contributed by atoms with Crippen molar-refractivity contribution < 1.29 is 4.52 Å². The van der Waals surface area contributed by atoms with Crippen molar-refractivity contribution >= 4 is 0 Å². The maximum Gasteiger partial charge on any atom is 0.241 e. The van der Waals surface area contributed by atoms with Crippen molar-refractivity contribution in [1.82, 2.24) is 15.0 Å². The van der Waals surface area contributed by atoms with Gasteiger partial charge in [-0.05, 0) is 30.2 Å². The van der Waals surface area contributed by atoms with Gasteiger partial charge in [0.1, 0.15) is 0 Å². The molecule has 1 fully saturated rings. The van der Waals surface area contributed by atoms with E-state index >= 15 is 0 Å². The van der Waals surface area contributed by atoms with Gasteiger partial charge in [-0.25, -0.2) is 0 Å². The molecule has 2 atom stereocenters. The molecule has 2 unspecified atom stereocenters. The van der Waals surface area contributed by atoms with Crippen molar-refractivity contribution in [3.63, 3.8) is 0 Å². The zero-order valence-corrected chi connectivity index (χ0v) is 13.7. The number of nitrogens with zero attached hydrogens (tertiary/aromatic N) is 3. The lowest BCUT2D eigenvalue weighted by Gasteiger charge is -2.33. The van der Waals surface area contributed by atoms with E-state index in [4.69, 9.17) is 4.52 Å². The van der Waals surface area contributed by atoms with Crippen LogP contribution in [-0.2, 0) is 13.0 Å². The molecule has 0 amide bonds. The Kier molecular flexibility index (Phi) is 4.57. The van der Waals surface area contributed by atoms with Gasteiger partial charge in [-0.3, -0.25) is 4.90 Å². The first kappa shape index (κ1) is 15.2. The zero-order valence-electron chi connectivity index (χ0n) is 13.7. The molecule has 0 radical (unpaired) electrons. The molecule has 1 aliphatic heterocycles. The summed E-state index contributed by atoms with van der Waals surface area (Å²) in [5.74, 6) is 2.90. The number of benzene rings is 1. The van der Waals surface area contributed by atoms with E-state index in [9.17, 15) is 0 Å². The highest BCUT2D eigenvalue weighted by molar-refractivity contribution is 5.54. The van der Waals surface area contributed by atoms with Crippen molar-refractivity contribution in [1.29, 1.82) is 0 Å². The van der Waals surface area contributed by atoms with Gasteiger partial charge in [-0.2, -0.15) is 4.98 Å². The maximum atomic E-state index is 5.45. The molecule has 0 aliphatic carbocycles. The van der Waals surface area contributed by atoms with Gasteiger partial charge < -0.3 is 4.52 Å². The van der Waals surface area contributed by atoms with Gasteiger partial charge in [0.2, 0.25) is 11.7 Å². The Morgan fingerprint density at radius 2 is 1.82 bits per heavy atom. The molecule has 0 N–H and O–H groups in total. The molecule has 0 saturated carbocycles. The topological polar surface area (TPSA) is 42.2 Å². The quantitative estimate of drug-likeness (QED) is 0.861. The molecule has 4 heteroatoms. The first-order chi connectivity index (χ1) is 10.6. The minimum atomic E-state index is 0.691. The number of rotatable bonds is 4. The molecule has 22 heavy (non-hydrogen) atoms. The van der Waals surface area contributed by atoms with Gasteiger partial charge in [0.25, 0.3) is 0 Å². The number of aromatic nitrogens is 2. The summed E-state index contributed by atoms with van der Waals surface area (Å²) in [6.07, 6.45) is 2.36. The molecule has 1 aliphatic rings. The van der Waals surface area contributed by atoms with Crippen molar-refractivity contribution in [2.24, 2.45) is 11.8 Å². The third kappa shape index (κ3) is 3.55. The van der Waals surface area contributed by atoms with Crippen LogP contribution in [0.2, 0.25) is 0 Å². The zero-order chi connectivity index (χ0) is 15.5. The lowest BCUT2D eigenvalue weighted by atomic mass is 9.92. The van der Waals surface area contributed by atoms with Crippen LogP contribution in [0.3, 0.4) is 0 Å². The molecule has 1 aromatic heterocycles. The van der Waals surface area contributed by atoms with Gasteiger partial charge in [0.05, 0.1) is 6.54 Å². The van der Waals surface area contributed by atoms with E-state index < -0.39 is 0 Å². The largest absolute Gasteiger partial charge is 0.338 e. The molecular weight excluding hydrogens is 274 g/mol. The van der Waals surface area contributed by atoms with Crippen LogP contribution in [0.4, 0.5) is 0 Å². The summed E-state index contributed by atoms with van der Waals surface area (Å²) in [4.78, 5) is 6.99.